The van der Waals surface area contributed by atoms with Gasteiger partial charge in [-0.3, -0.25) is 0 Å². The smallest absolute Gasteiger partial charge is 0.0966 e. The molecule has 1 heterocycles. The Morgan fingerprint density at radius 1 is 1.50 bits per heavy atom. The van der Waals surface area contributed by atoms with E-state index in [2.05, 4.69) is 36.4 Å². The average Bonchev–Trinajstić information content (AvgIpc) is 2.61. The molecule has 3 N–H and O–H groups in total. The monoisotopic (exact) mass is 228 g/mol. The summed E-state index contributed by atoms with van der Waals surface area (Å²) >= 11 is 0. The van der Waals surface area contributed by atoms with Crippen LogP contribution < -0.4 is 5.32 Å². The van der Waals surface area contributed by atoms with E-state index < -0.39 is 6.10 Å². The highest BCUT2D eigenvalue weighted by Crippen LogP contribution is 2.01. The van der Waals surface area contributed by atoms with Crippen LogP contribution in [0.25, 0.3) is 0 Å². The van der Waals surface area contributed by atoms with E-state index in [0.717, 1.165) is 5.69 Å². The number of aliphatic hydroxyl groups excluding tert-OH is 2. The van der Waals surface area contributed by atoms with Crippen molar-refractivity contribution >= 4 is 0 Å². The van der Waals surface area contributed by atoms with Crippen molar-refractivity contribution in [2.45, 2.75) is 45.5 Å². The first kappa shape index (κ1) is 13.1. The van der Waals surface area contributed by atoms with Crippen LogP contribution >= 0.6 is 0 Å². The fourth-order valence-electron chi connectivity index (χ4n) is 1.14. The van der Waals surface area contributed by atoms with Crippen molar-refractivity contribution in [3.63, 3.8) is 0 Å². The van der Waals surface area contributed by atoms with Gasteiger partial charge in [0.05, 0.1) is 24.9 Å². The standard InChI is InChI=1S/C10H20N4O2/c1-10(2,3)11-4-8-5-14(13-12-8)6-9(16)7-15/h5,9,11,15-16H,4,6-7H2,1-3H3. The first-order chi connectivity index (χ1) is 7.40. The number of nitrogens with one attached hydrogen (secondary N) is 1. The van der Waals surface area contributed by atoms with Crippen LogP contribution in [0, 0.1) is 0 Å². The molecule has 6 nitrogen and oxygen atoms in total. The zero-order valence-electron chi connectivity index (χ0n) is 10.0. The molecule has 0 spiro atoms. The minimum atomic E-state index is -0.787. The number of hydrogen-bond donors (Lipinski definition) is 3. The van der Waals surface area contributed by atoms with Gasteiger partial charge in [0.2, 0.25) is 0 Å². The van der Waals surface area contributed by atoms with E-state index in [-0.39, 0.29) is 18.7 Å². The zero-order valence-corrected chi connectivity index (χ0v) is 10.0. The summed E-state index contributed by atoms with van der Waals surface area (Å²) in [6.07, 6.45) is 0.975. The fourth-order valence-corrected chi connectivity index (χ4v) is 1.14. The van der Waals surface area contributed by atoms with Gasteiger partial charge in [-0.1, -0.05) is 5.21 Å². The molecule has 0 amide bonds. The summed E-state index contributed by atoms with van der Waals surface area (Å²) in [5.41, 5.74) is 0.856. The number of rotatable bonds is 5. The summed E-state index contributed by atoms with van der Waals surface area (Å²) in [5.74, 6) is 0. The van der Waals surface area contributed by atoms with Gasteiger partial charge in [0.15, 0.2) is 0 Å². The molecule has 1 rings (SSSR count). The molecule has 0 saturated heterocycles. The van der Waals surface area contributed by atoms with Gasteiger partial charge in [-0.05, 0) is 20.8 Å². The summed E-state index contributed by atoms with van der Waals surface area (Å²) < 4.78 is 1.53. The van der Waals surface area contributed by atoms with Crippen LogP contribution in [0.3, 0.4) is 0 Å². The lowest BCUT2D eigenvalue weighted by atomic mass is 10.1. The van der Waals surface area contributed by atoms with Crippen molar-refractivity contribution in [1.29, 1.82) is 0 Å². The number of aliphatic hydroxyl groups is 2. The van der Waals surface area contributed by atoms with Crippen molar-refractivity contribution in [2.75, 3.05) is 6.61 Å². The summed E-state index contributed by atoms with van der Waals surface area (Å²) in [7, 11) is 0. The molecule has 1 unspecified atom stereocenters. The topological polar surface area (TPSA) is 83.2 Å². The Morgan fingerprint density at radius 3 is 2.75 bits per heavy atom. The lowest BCUT2D eigenvalue weighted by Crippen LogP contribution is -2.35. The lowest BCUT2D eigenvalue weighted by molar-refractivity contribution is 0.0778. The van der Waals surface area contributed by atoms with Crippen LogP contribution in [0.2, 0.25) is 0 Å². The lowest BCUT2D eigenvalue weighted by Gasteiger charge is -2.19. The minimum Gasteiger partial charge on any atom is -0.394 e. The highest BCUT2D eigenvalue weighted by Gasteiger charge is 2.11. The maximum atomic E-state index is 9.23. The molecule has 92 valence electrons. The summed E-state index contributed by atoms with van der Waals surface area (Å²) in [5, 5.41) is 29.0. The van der Waals surface area contributed by atoms with Crippen LogP contribution in [0.5, 0.6) is 0 Å². The highest BCUT2D eigenvalue weighted by atomic mass is 16.3. The van der Waals surface area contributed by atoms with E-state index in [1.54, 1.807) is 6.20 Å². The van der Waals surface area contributed by atoms with E-state index in [4.69, 9.17) is 5.11 Å². The minimum absolute atomic E-state index is 0.0361. The molecule has 0 aromatic carbocycles. The molecule has 1 aromatic heterocycles. The van der Waals surface area contributed by atoms with Crippen LogP contribution in [-0.2, 0) is 13.1 Å². The molecule has 0 fully saturated rings. The molecule has 16 heavy (non-hydrogen) atoms. The number of hydrogen-bond acceptors (Lipinski definition) is 5. The van der Waals surface area contributed by atoms with Crippen LogP contribution in [0.1, 0.15) is 26.5 Å². The highest BCUT2D eigenvalue weighted by molar-refractivity contribution is 4.93. The molecule has 1 atom stereocenters. The van der Waals surface area contributed by atoms with Gasteiger partial charge < -0.3 is 15.5 Å². The van der Waals surface area contributed by atoms with Crippen LogP contribution in [0.4, 0.5) is 0 Å². The Balaban J connectivity index is 2.45. The van der Waals surface area contributed by atoms with Crippen molar-refractivity contribution in [2.24, 2.45) is 0 Å². The summed E-state index contributed by atoms with van der Waals surface area (Å²) in [6.45, 7) is 6.86. The molecule has 0 saturated carbocycles. The van der Waals surface area contributed by atoms with Gasteiger partial charge in [-0.25, -0.2) is 4.68 Å². The summed E-state index contributed by atoms with van der Waals surface area (Å²) in [6, 6.07) is 0. The second-order valence-corrected chi connectivity index (χ2v) is 4.87. The van der Waals surface area contributed by atoms with Crippen LogP contribution in [0.15, 0.2) is 6.20 Å². The van der Waals surface area contributed by atoms with Gasteiger partial charge in [0.1, 0.15) is 0 Å². The van der Waals surface area contributed by atoms with Gasteiger partial charge in [-0.2, -0.15) is 0 Å². The normalized spacial score (nSPS) is 14.1. The van der Waals surface area contributed by atoms with Crippen molar-refractivity contribution < 1.29 is 10.2 Å². The first-order valence-electron chi connectivity index (χ1n) is 5.33. The molecule has 6 heteroatoms. The SMILES string of the molecule is CC(C)(C)NCc1cn(CC(O)CO)nn1. The Hall–Kier alpha value is -0.980. The van der Waals surface area contributed by atoms with Crippen molar-refractivity contribution in [3.05, 3.63) is 11.9 Å². The van der Waals surface area contributed by atoms with E-state index in [0.29, 0.717) is 6.54 Å². The van der Waals surface area contributed by atoms with Gasteiger partial charge in [-0.15, -0.1) is 5.10 Å². The zero-order chi connectivity index (χ0) is 12.2. The van der Waals surface area contributed by atoms with Crippen LogP contribution in [-0.4, -0.2) is 43.5 Å². The molecule has 0 bridgehead atoms. The third kappa shape index (κ3) is 4.69. The second kappa shape index (κ2) is 5.38. The maximum absolute atomic E-state index is 9.23. The maximum Gasteiger partial charge on any atom is 0.0966 e. The molecular weight excluding hydrogens is 208 g/mol. The predicted octanol–water partition coefficient (Wildman–Crippen LogP) is -0.481. The summed E-state index contributed by atoms with van der Waals surface area (Å²) in [4.78, 5) is 0. The van der Waals surface area contributed by atoms with Crippen molar-refractivity contribution in [1.82, 2.24) is 20.3 Å². The van der Waals surface area contributed by atoms with E-state index in [1.807, 2.05) is 0 Å². The molecule has 0 radical (unpaired) electrons. The average molecular weight is 228 g/mol. The van der Waals surface area contributed by atoms with Gasteiger partial charge in [0.25, 0.3) is 0 Å². The molecular formula is C10H20N4O2. The first-order valence-corrected chi connectivity index (χ1v) is 5.33. The van der Waals surface area contributed by atoms with E-state index >= 15 is 0 Å². The quantitative estimate of drug-likeness (QED) is 0.634. The third-order valence-corrected chi connectivity index (χ3v) is 1.99. The Labute approximate surface area is 95.3 Å². The number of aromatic nitrogens is 3. The largest absolute Gasteiger partial charge is 0.394 e. The molecule has 1 aromatic rings. The Bertz CT molecular complexity index is 319. The molecule has 0 aliphatic heterocycles. The van der Waals surface area contributed by atoms with Gasteiger partial charge in [0, 0.05) is 18.3 Å². The molecule has 0 aliphatic rings. The third-order valence-electron chi connectivity index (χ3n) is 1.99. The van der Waals surface area contributed by atoms with Crippen molar-refractivity contribution in [3.8, 4) is 0 Å². The predicted molar refractivity (Wildman–Crippen MR) is 59.7 cm³/mol. The second-order valence-electron chi connectivity index (χ2n) is 4.87. The van der Waals surface area contributed by atoms with E-state index in [9.17, 15) is 5.11 Å². The Kier molecular flexibility index (Phi) is 4.40. The Morgan fingerprint density at radius 2 is 2.19 bits per heavy atom. The fraction of sp³-hybridized carbons (Fsp3) is 0.800. The van der Waals surface area contributed by atoms with Gasteiger partial charge >= 0.3 is 0 Å². The molecule has 0 aliphatic carbocycles. The van der Waals surface area contributed by atoms with E-state index in [1.165, 1.54) is 4.68 Å². The number of nitrogens with zero attached hydrogens (tertiary/aromatic N) is 3.